The molecule has 0 amide bonds. The van der Waals surface area contributed by atoms with E-state index in [9.17, 15) is 9.50 Å². The number of aliphatic hydroxyl groups is 1. The first-order valence-electron chi connectivity index (χ1n) is 5.77. The Hall–Kier alpha value is -0.930. The van der Waals surface area contributed by atoms with Crippen molar-refractivity contribution >= 4 is 0 Å². The van der Waals surface area contributed by atoms with E-state index in [4.69, 9.17) is 0 Å². The molecule has 0 saturated heterocycles. The molecule has 0 heterocycles. The zero-order valence-electron chi connectivity index (χ0n) is 9.96. The highest BCUT2D eigenvalue weighted by atomic mass is 19.1. The molecule has 1 atom stereocenters. The molecule has 1 aromatic carbocycles. The third kappa shape index (κ3) is 4.29. The predicted octanol–water partition coefficient (Wildman–Crippen LogP) is 2.38. The van der Waals surface area contributed by atoms with Crippen molar-refractivity contribution in [3.63, 3.8) is 0 Å². The van der Waals surface area contributed by atoms with Gasteiger partial charge in [0.05, 0.1) is 6.10 Å². The van der Waals surface area contributed by atoms with Gasteiger partial charge in [-0.05, 0) is 19.4 Å². The van der Waals surface area contributed by atoms with Crippen LogP contribution in [0.25, 0.3) is 0 Å². The van der Waals surface area contributed by atoms with Crippen molar-refractivity contribution in [2.45, 2.75) is 39.3 Å². The van der Waals surface area contributed by atoms with E-state index >= 15 is 0 Å². The second-order valence-corrected chi connectivity index (χ2v) is 4.17. The number of rotatable bonds is 6. The molecule has 0 aliphatic rings. The molecule has 1 unspecified atom stereocenters. The maximum absolute atomic E-state index is 13.3. The molecule has 90 valence electrons. The quantitative estimate of drug-likeness (QED) is 0.779. The summed E-state index contributed by atoms with van der Waals surface area (Å²) >= 11 is 0. The lowest BCUT2D eigenvalue weighted by Crippen LogP contribution is -2.26. The molecule has 2 nitrogen and oxygen atoms in total. The number of aryl methyl sites for hydroxylation is 1. The first-order valence-corrected chi connectivity index (χ1v) is 5.77. The molecule has 0 aliphatic heterocycles. The van der Waals surface area contributed by atoms with Crippen LogP contribution in [0.3, 0.4) is 0 Å². The standard InChI is InChI=1S/C13H20FNO/c1-3-4-12(16)9-15-8-11-7-10(2)5-6-13(11)14/h5-7,12,15-16H,3-4,8-9H2,1-2H3. The van der Waals surface area contributed by atoms with Gasteiger partial charge in [0.2, 0.25) is 0 Å². The largest absolute Gasteiger partial charge is 0.392 e. The van der Waals surface area contributed by atoms with Gasteiger partial charge in [-0.3, -0.25) is 0 Å². The van der Waals surface area contributed by atoms with Crippen LogP contribution in [-0.2, 0) is 6.54 Å². The van der Waals surface area contributed by atoms with E-state index in [1.54, 1.807) is 6.07 Å². The topological polar surface area (TPSA) is 32.3 Å². The van der Waals surface area contributed by atoms with E-state index in [-0.39, 0.29) is 11.9 Å². The number of hydrogen-bond donors (Lipinski definition) is 2. The average Bonchev–Trinajstić information content (AvgIpc) is 2.23. The summed E-state index contributed by atoms with van der Waals surface area (Å²) in [7, 11) is 0. The summed E-state index contributed by atoms with van der Waals surface area (Å²) in [4.78, 5) is 0. The predicted molar refractivity (Wildman–Crippen MR) is 63.8 cm³/mol. The smallest absolute Gasteiger partial charge is 0.127 e. The van der Waals surface area contributed by atoms with Gasteiger partial charge in [0.1, 0.15) is 5.82 Å². The summed E-state index contributed by atoms with van der Waals surface area (Å²) in [5, 5.41) is 12.6. The van der Waals surface area contributed by atoms with E-state index in [0.717, 1.165) is 18.4 Å². The Labute approximate surface area is 96.5 Å². The zero-order chi connectivity index (χ0) is 12.0. The summed E-state index contributed by atoms with van der Waals surface area (Å²) in [5.41, 5.74) is 1.70. The van der Waals surface area contributed by atoms with Crippen molar-refractivity contribution in [3.05, 3.63) is 35.1 Å². The monoisotopic (exact) mass is 225 g/mol. The fourth-order valence-electron chi connectivity index (χ4n) is 1.65. The number of aliphatic hydroxyl groups excluding tert-OH is 1. The fraction of sp³-hybridized carbons (Fsp3) is 0.538. The molecule has 3 heteroatoms. The van der Waals surface area contributed by atoms with Crippen molar-refractivity contribution in [1.29, 1.82) is 0 Å². The highest BCUT2D eigenvalue weighted by molar-refractivity contribution is 5.23. The zero-order valence-corrected chi connectivity index (χ0v) is 9.96. The van der Waals surface area contributed by atoms with Crippen LogP contribution in [0.15, 0.2) is 18.2 Å². The van der Waals surface area contributed by atoms with Crippen molar-refractivity contribution in [2.24, 2.45) is 0 Å². The van der Waals surface area contributed by atoms with Gasteiger partial charge in [-0.1, -0.05) is 31.0 Å². The van der Waals surface area contributed by atoms with Crippen molar-refractivity contribution in [1.82, 2.24) is 5.32 Å². The number of hydrogen-bond acceptors (Lipinski definition) is 2. The molecule has 1 rings (SSSR count). The highest BCUT2D eigenvalue weighted by Crippen LogP contribution is 2.09. The summed E-state index contributed by atoms with van der Waals surface area (Å²) in [5.74, 6) is -0.192. The van der Waals surface area contributed by atoms with E-state index < -0.39 is 0 Å². The highest BCUT2D eigenvalue weighted by Gasteiger charge is 2.04. The molecule has 0 bridgehead atoms. The number of benzene rings is 1. The van der Waals surface area contributed by atoms with E-state index in [1.165, 1.54) is 6.07 Å². The molecule has 0 aliphatic carbocycles. The van der Waals surface area contributed by atoms with E-state index in [1.807, 2.05) is 19.9 Å². The lowest BCUT2D eigenvalue weighted by Gasteiger charge is -2.11. The molecule has 0 saturated carbocycles. The summed E-state index contributed by atoms with van der Waals surface area (Å²) in [6, 6.07) is 5.06. The van der Waals surface area contributed by atoms with Gasteiger partial charge in [0.15, 0.2) is 0 Å². The van der Waals surface area contributed by atoms with Gasteiger partial charge in [0, 0.05) is 18.7 Å². The summed E-state index contributed by atoms with van der Waals surface area (Å²) in [6.45, 7) is 4.95. The number of nitrogens with one attached hydrogen (secondary N) is 1. The van der Waals surface area contributed by atoms with Crippen molar-refractivity contribution in [2.75, 3.05) is 6.54 Å². The summed E-state index contributed by atoms with van der Waals surface area (Å²) in [6.07, 6.45) is 1.41. The Morgan fingerprint density at radius 3 is 2.88 bits per heavy atom. The third-order valence-corrected chi connectivity index (χ3v) is 2.52. The molecule has 0 fully saturated rings. The SMILES string of the molecule is CCCC(O)CNCc1cc(C)ccc1F. The van der Waals surface area contributed by atoms with Gasteiger partial charge in [-0.25, -0.2) is 4.39 Å². The van der Waals surface area contributed by atoms with E-state index in [0.29, 0.717) is 18.7 Å². The van der Waals surface area contributed by atoms with Gasteiger partial charge < -0.3 is 10.4 Å². The Morgan fingerprint density at radius 2 is 2.19 bits per heavy atom. The lowest BCUT2D eigenvalue weighted by atomic mass is 10.1. The van der Waals surface area contributed by atoms with Crippen LogP contribution in [-0.4, -0.2) is 17.8 Å². The van der Waals surface area contributed by atoms with E-state index in [2.05, 4.69) is 5.32 Å². The normalized spacial score (nSPS) is 12.8. The van der Waals surface area contributed by atoms with Gasteiger partial charge >= 0.3 is 0 Å². The molecule has 1 aromatic rings. The van der Waals surface area contributed by atoms with Gasteiger partial charge in [-0.15, -0.1) is 0 Å². The minimum absolute atomic E-state index is 0.192. The van der Waals surface area contributed by atoms with Crippen LogP contribution in [0.5, 0.6) is 0 Å². The first-order chi connectivity index (χ1) is 7.63. The Morgan fingerprint density at radius 1 is 1.44 bits per heavy atom. The van der Waals surface area contributed by atoms with Crippen molar-refractivity contribution in [3.8, 4) is 0 Å². The van der Waals surface area contributed by atoms with Crippen LogP contribution >= 0.6 is 0 Å². The second-order valence-electron chi connectivity index (χ2n) is 4.17. The second kappa shape index (κ2) is 6.61. The molecule has 0 radical (unpaired) electrons. The Kier molecular flexibility index (Phi) is 5.43. The summed E-state index contributed by atoms with van der Waals surface area (Å²) < 4.78 is 13.3. The molecule has 2 N–H and O–H groups in total. The van der Waals surface area contributed by atoms with Crippen LogP contribution in [0, 0.1) is 12.7 Å². The molecular weight excluding hydrogens is 205 g/mol. The maximum Gasteiger partial charge on any atom is 0.127 e. The van der Waals surface area contributed by atoms with Gasteiger partial charge in [0.25, 0.3) is 0 Å². The average molecular weight is 225 g/mol. The van der Waals surface area contributed by atoms with Crippen LogP contribution in [0.2, 0.25) is 0 Å². The fourth-order valence-corrected chi connectivity index (χ4v) is 1.65. The molecular formula is C13H20FNO. The van der Waals surface area contributed by atoms with Crippen LogP contribution in [0.1, 0.15) is 30.9 Å². The van der Waals surface area contributed by atoms with Crippen LogP contribution < -0.4 is 5.32 Å². The maximum atomic E-state index is 13.3. The third-order valence-electron chi connectivity index (χ3n) is 2.52. The Balaban J connectivity index is 2.39. The minimum Gasteiger partial charge on any atom is -0.392 e. The first kappa shape index (κ1) is 13.1. The molecule has 0 aromatic heterocycles. The molecule has 0 spiro atoms. The number of halogens is 1. The van der Waals surface area contributed by atoms with Gasteiger partial charge in [-0.2, -0.15) is 0 Å². The molecule has 16 heavy (non-hydrogen) atoms. The van der Waals surface area contributed by atoms with Crippen LogP contribution in [0.4, 0.5) is 4.39 Å². The Bertz CT molecular complexity index is 328. The van der Waals surface area contributed by atoms with Crippen molar-refractivity contribution < 1.29 is 9.50 Å². The lowest BCUT2D eigenvalue weighted by molar-refractivity contribution is 0.160. The minimum atomic E-state index is -0.335.